The lowest BCUT2D eigenvalue weighted by Crippen LogP contribution is -2.27. The van der Waals surface area contributed by atoms with E-state index in [9.17, 15) is 9.59 Å². The maximum absolute atomic E-state index is 11.5. The van der Waals surface area contributed by atoms with Crippen molar-refractivity contribution in [1.82, 2.24) is 0 Å². The van der Waals surface area contributed by atoms with E-state index < -0.39 is 0 Å². The fourth-order valence-electron chi connectivity index (χ4n) is 1.66. The third-order valence-corrected chi connectivity index (χ3v) is 4.96. The van der Waals surface area contributed by atoms with Crippen LogP contribution < -0.4 is 0 Å². The number of ether oxygens (including phenoxy) is 2. The van der Waals surface area contributed by atoms with E-state index >= 15 is 0 Å². The molecule has 1 saturated heterocycles. The van der Waals surface area contributed by atoms with Gasteiger partial charge in [-0.25, -0.2) is 4.79 Å². The molecule has 0 aromatic carbocycles. The monoisotopic (exact) mass is 261 g/mol. The van der Waals surface area contributed by atoms with Gasteiger partial charge in [-0.05, 0) is 30.2 Å². The number of esters is 2. The minimum Gasteiger partial charge on any atom is -0.462 e. The molecule has 0 spiro atoms. The molecule has 0 N–H and O–H groups in total. The Bertz CT molecular complexity index is 249. The highest BCUT2D eigenvalue weighted by Crippen LogP contribution is 2.13. The van der Waals surface area contributed by atoms with Crippen molar-refractivity contribution in [3.05, 3.63) is 0 Å². The number of carbonyl (C=O) groups is 2. The quantitative estimate of drug-likeness (QED) is 0.411. The second-order valence-electron chi connectivity index (χ2n) is 4.02. The highest BCUT2D eigenvalue weighted by atomic mass is 32.2. The van der Waals surface area contributed by atoms with Crippen LogP contribution in [0.4, 0.5) is 0 Å². The summed E-state index contributed by atoms with van der Waals surface area (Å²) in [7, 11) is 0.227. The Kier molecular flexibility index (Phi) is 7.08. The van der Waals surface area contributed by atoms with Gasteiger partial charge in [-0.2, -0.15) is 0 Å². The third kappa shape index (κ3) is 6.56. The van der Waals surface area contributed by atoms with Crippen LogP contribution in [0.25, 0.3) is 0 Å². The zero-order chi connectivity index (χ0) is 12.5. The molecule has 1 aliphatic rings. The smallest absolute Gasteiger partial charge is 0.356 e. The zero-order valence-electron chi connectivity index (χ0n) is 10.4. The predicted molar refractivity (Wildman–Crippen MR) is 68.0 cm³/mol. The minimum atomic E-state index is -0.254. The lowest BCUT2D eigenvalue weighted by molar-refractivity contribution is -0.150. The van der Waals surface area contributed by atoms with Crippen molar-refractivity contribution in [3.63, 3.8) is 0 Å². The summed E-state index contributed by atoms with van der Waals surface area (Å²) in [6.45, 7) is 2.09. The standard InChI is InChI=1S/C12H21O4S/c1-2-11(13)15-6-7-16-12(14)10-17-8-4-3-5-9-17/h2-10H2,1H3/q+1. The van der Waals surface area contributed by atoms with Gasteiger partial charge in [0.05, 0.1) is 0 Å². The number of hydrogen-bond acceptors (Lipinski definition) is 4. The molecular weight excluding hydrogens is 240 g/mol. The maximum atomic E-state index is 11.5. The van der Waals surface area contributed by atoms with E-state index in [2.05, 4.69) is 0 Å². The average Bonchev–Trinajstić information content (AvgIpc) is 2.35. The molecule has 1 rings (SSSR count). The summed E-state index contributed by atoms with van der Waals surface area (Å²) in [6, 6.07) is 0. The molecule has 0 aliphatic carbocycles. The molecule has 1 heterocycles. The van der Waals surface area contributed by atoms with Gasteiger partial charge in [0.2, 0.25) is 5.75 Å². The lowest BCUT2D eigenvalue weighted by Gasteiger charge is -2.13. The van der Waals surface area contributed by atoms with Crippen LogP contribution >= 0.6 is 0 Å². The summed E-state index contributed by atoms with van der Waals surface area (Å²) in [5, 5.41) is 0. The Morgan fingerprint density at radius 2 is 1.59 bits per heavy atom. The molecule has 0 unspecified atom stereocenters. The van der Waals surface area contributed by atoms with Crippen LogP contribution in [0, 0.1) is 0 Å². The van der Waals surface area contributed by atoms with E-state index in [1.54, 1.807) is 6.92 Å². The molecule has 0 radical (unpaired) electrons. The molecule has 0 atom stereocenters. The van der Waals surface area contributed by atoms with E-state index in [1.807, 2.05) is 0 Å². The van der Waals surface area contributed by atoms with E-state index in [-0.39, 0.29) is 36.0 Å². The molecule has 0 saturated carbocycles. The van der Waals surface area contributed by atoms with Gasteiger partial charge in [0.1, 0.15) is 24.7 Å². The van der Waals surface area contributed by atoms with Crippen molar-refractivity contribution in [2.24, 2.45) is 0 Å². The summed E-state index contributed by atoms with van der Waals surface area (Å²) in [4.78, 5) is 22.3. The molecule has 0 bridgehead atoms. The zero-order valence-corrected chi connectivity index (χ0v) is 11.2. The summed E-state index contributed by atoms with van der Waals surface area (Å²) < 4.78 is 9.85. The van der Waals surface area contributed by atoms with Crippen LogP contribution in [0.5, 0.6) is 0 Å². The summed E-state index contributed by atoms with van der Waals surface area (Å²) in [6.07, 6.45) is 4.14. The molecule has 5 heteroatoms. The second-order valence-corrected chi connectivity index (χ2v) is 6.35. The normalized spacial score (nSPS) is 16.5. The minimum absolute atomic E-state index is 0.150. The number of hydrogen-bond donors (Lipinski definition) is 0. The third-order valence-electron chi connectivity index (χ3n) is 2.59. The van der Waals surface area contributed by atoms with Crippen LogP contribution in [0.2, 0.25) is 0 Å². The first-order valence-corrected chi connectivity index (χ1v) is 7.91. The van der Waals surface area contributed by atoms with Gasteiger partial charge in [-0.3, -0.25) is 4.79 Å². The van der Waals surface area contributed by atoms with E-state index in [0.717, 1.165) is 0 Å². The van der Waals surface area contributed by atoms with Gasteiger partial charge in [0.25, 0.3) is 0 Å². The first kappa shape index (κ1) is 14.4. The van der Waals surface area contributed by atoms with Crippen LogP contribution in [0.1, 0.15) is 32.6 Å². The second kappa shape index (κ2) is 8.39. The van der Waals surface area contributed by atoms with Gasteiger partial charge >= 0.3 is 11.9 Å². The summed E-state index contributed by atoms with van der Waals surface area (Å²) >= 11 is 0. The number of carbonyl (C=O) groups excluding carboxylic acids is 2. The van der Waals surface area contributed by atoms with Gasteiger partial charge in [-0.1, -0.05) is 6.92 Å². The van der Waals surface area contributed by atoms with E-state index in [0.29, 0.717) is 12.2 Å². The van der Waals surface area contributed by atoms with Crippen molar-refractivity contribution < 1.29 is 19.1 Å². The molecular formula is C12H21O4S+. The van der Waals surface area contributed by atoms with Crippen molar-refractivity contribution >= 4 is 22.8 Å². The molecule has 17 heavy (non-hydrogen) atoms. The van der Waals surface area contributed by atoms with Crippen molar-refractivity contribution in [3.8, 4) is 0 Å². The Morgan fingerprint density at radius 1 is 1.00 bits per heavy atom. The first-order chi connectivity index (χ1) is 8.22. The van der Waals surface area contributed by atoms with Gasteiger partial charge in [-0.15, -0.1) is 0 Å². The highest BCUT2D eigenvalue weighted by molar-refractivity contribution is 7.97. The molecule has 0 amide bonds. The molecule has 4 nitrogen and oxygen atoms in total. The van der Waals surface area contributed by atoms with Gasteiger partial charge in [0, 0.05) is 6.42 Å². The van der Waals surface area contributed by atoms with Crippen molar-refractivity contribution in [2.75, 3.05) is 30.5 Å². The van der Waals surface area contributed by atoms with E-state index in [1.165, 1.54) is 30.8 Å². The fourth-order valence-corrected chi connectivity index (χ4v) is 3.79. The molecule has 1 fully saturated rings. The lowest BCUT2D eigenvalue weighted by atomic mass is 10.3. The molecule has 0 aromatic heterocycles. The summed E-state index contributed by atoms with van der Waals surface area (Å²) in [5.41, 5.74) is 0. The Labute approximate surface area is 105 Å². The maximum Gasteiger partial charge on any atom is 0.356 e. The Morgan fingerprint density at radius 3 is 2.18 bits per heavy atom. The Balaban J connectivity index is 2.02. The topological polar surface area (TPSA) is 52.6 Å². The van der Waals surface area contributed by atoms with Crippen molar-refractivity contribution in [1.29, 1.82) is 0 Å². The van der Waals surface area contributed by atoms with Crippen molar-refractivity contribution in [2.45, 2.75) is 32.6 Å². The summed E-state index contributed by atoms with van der Waals surface area (Å²) in [5.74, 6) is 2.47. The van der Waals surface area contributed by atoms with Crippen LogP contribution in [0.15, 0.2) is 0 Å². The average molecular weight is 261 g/mol. The largest absolute Gasteiger partial charge is 0.462 e. The first-order valence-electron chi connectivity index (χ1n) is 6.17. The van der Waals surface area contributed by atoms with Gasteiger partial charge in [0.15, 0.2) is 0 Å². The number of rotatable bonds is 6. The van der Waals surface area contributed by atoms with Gasteiger partial charge < -0.3 is 9.47 Å². The molecule has 1 aliphatic heterocycles. The fraction of sp³-hybridized carbons (Fsp3) is 0.833. The Hall–Kier alpha value is -0.710. The predicted octanol–water partition coefficient (Wildman–Crippen LogP) is 1.28. The highest BCUT2D eigenvalue weighted by Gasteiger charge is 2.25. The molecule has 0 aromatic rings. The van der Waals surface area contributed by atoms with Crippen LogP contribution in [-0.4, -0.2) is 42.4 Å². The van der Waals surface area contributed by atoms with Crippen LogP contribution in [-0.2, 0) is 30.0 Å². The SMILES string of the molecule is CCC(=O)OCCOC(=O)C[S+]1CCCCC1. The van der Waals surface area contributed by atoms with Crippen LogP contribution in [0.3, 0.4) is 0 Å². The van der Waals surface area contributed by atoms with E-state index in [4.69, 9.17) is 9.47 Å². The molecule has 98 valence electrons.